The molecule has 96 valence electrons. The zero-order valence-corrected chi connectivity index (χ0v) is 11.1. The molecule has 0 aliphatic heterocycles. The van der Waals surface area contributed by atoms with Crippen molar-refractivity contribution in [3.05, 3.63) is 34.9 Å². The molecule has 1 rings (SSSR count). The van der Waals surface area contributed by atoms with Crippen molar-refractivity contribution in [3.8, 4) is 0 Å². The average molecular weight is 258 g/mol. The van der Waals surface area contributed by atoms with Crippen LogP contribution in [0.4, 0.5) is 0 Å². The molecule has 0 radical (unpaired) electrons. The van der Waals surface area contributed by atoms with Gasteiger partial charge in [0.05, 0.1) is 19.3 Å². The first-order valence-corrected chi connectivity index (χ1v) is 6.25. The van der Waals surface area contributed by atoms with E-state index in [9.17, 15) is 5.11 Å². The highest BCUT2D eigenvalue weighted by molar-refractivity contribution is 6.30. The van der Waals surface area contributed by atoms with Gasteiger partial charge in [-0.25, -0.2) is 0 Å². The second-order valence-corrected chi connectivity index (χ2v) is 4.45. The second-order valence-electron chi connectivity index (χ2n) is 4.01. The van der Waals surface area contributed by atoms with Gasteiger partial charge in [-0.1, -0.05) is 23.7 Å². The van der Waals surface area contributed by atoms with E-state index in [0.717, 1.165) is 5.56 Å². The van der Waals surface area contributed by atoms with Gasteiger partial charge in [0.25, 0.3) is 0 Å². The number of hydrogen-bond acceptors (Lipinski definition) is 3. The van der Waals surface area contributed by atoms with Crippen LogP contribution in [-0.2, 0) is 4.74 Å². The van der Waals surface area contributed by atoms with Crippen molar-refractivity contribution in [1.82, 2.24) is 5.32 Å². The Balaban J connectivity index is 2.56. The first kappa shape index (κ1) is 14.5. The van der Waals surface area contributed by atoms with Crippen LogP contribution in [0.3, 0.4) is 0 Å². The first-order valence-electron chi connectivity index (χ1n) is 5.87. The molecular weight excluding hydrogens is 238 g/mol. The summed E-state index contributed by atoms with van der Waals surface area (Å²) in [6.07, 6.45) is 0. The molecule has 1 aromatic rings. The lowest BCUT2D eigenvalue weighted by Crippen LogP contribution is -2.35. The Morgan fingerprint density at radius 1 is 1.35 bits per heavy atom. The predicted molar refractivity (Wildman–Crippen MR) is 70.4 cm³/mol. The van der Waals surface area contributed by atoms with E-state index in [1.165, 1.54) is 0 Å². The number of hydrogen-bond donors (Lipinski definition) is 2. The summed E-state index contributed by atoms with van der Waals surface area (Å²) in [7, 11) is 0. The number of rotatable bonds is 7. The fourth-order valence-electron chi connectivity index (χ4n) is 1.64. The lowest BCUT2D eigenvalue weighted by Gasteiger charge is -2.22. The minimum atomic E-state index is -0.0808. The lowest BCUT2D eigenvalue weighted by molar-refractivity contribution is 0.117. The summed E-state index contributed by atoms with van der Waals surface area (Å²) in [4.78, 5) is 0. The summed E-state index contributed by atoms with van der Waals surface area (Å²) in [6, 6.07) is 7.61. The zero-order valence-electron chi connectivity index (χ0n) is 10.3. The Bertz CT molecular complexity index is 316. The SMILES string of the molecule is CCOCC(C)NC(CO)c1ccc(Cl)cc1. The fraction of sp³-hybridized carbons (Fsp3) is 0.538. The van der Waals surface area contributed by atoms with Crippen molar-refractivity contribution in [3.63, 3.8) is 0 Å². The number of aliphatic hydroxyl groups is 1. The molecule has 0 aliphatic carbocycles. The van der Waals surface area contributed by atoms with Crippen molar-refractivity contribution in [2.24, 2.45) is 0 Å². The van der Waals surface area contributed by atoms with Crippen LogP contribution in [0.1, 0.15) is 25.5 Å². The highest BCUT2D eigenvalue weighted by Gasteiger charge is 2.13. The molecule has 0 aliphatic rings. The molecule has 1 aromatic carbocycles. The Morgan fingerprint density at radius 3 is 2.53 bits per heavy atom. The molecule has 17 heavy (non-hydrogen) atoms. The van der Waals surface area contributed by atoms with Crippen LogP contribution in [-0.4, -0.2) is 31.0 Å². The third-order valence-electron chi connectivity index (χ3n) is 2.51. The van der Waals surface area contributed by atoms with E-state index in [2.05, 4.69) is 5.32 Å². The number of aliphatic hydroxyl groups excluding tert-OH is 1. The number of halogens is 1. The average Bonchev–Trinajstić information content (AvgIpc) is 2.34. The Kier molecular flexibility index (Phi) is 6.52. The number of nitrogens with one attached hydrogen (secondary N) is 1. The minimum Gasteiger partial charge on any atom is -0.394 e. The molecule has 2 N–H and O–H groups in total. The van der Waals surface area contributed by atoms with Gasteiger partial charge < -0.3 is 15.2 Å². The zero-order chi connectivity index (χ0) is 12.7. The normalized spacial score (nSPS) is 14.6. The van der Waals surface area contributed by atoms with E-state index in [-0.39, 0.29) is 18.7 Å². The van der Waals surface area contributed by atoms with Gasteiger partial charge in [0, 0.05) is 17.7 Å². The van der Waals surface area contributed by atoms with Crippen LogP contribution in [0.5, 0.6) is 0 Å². The monoisotopic (exact) mass is 257 g/mol. The summed E-state index contributed by atoms with van der Waals surface area (Å²) < 4.78 is 5.33. The fourth-order valence-corrected chi connectivity index (χ4v) is 1.76. The second kappa shape index (κ2) is 7.67. The van der Waals surface area contributed by atoms with Gasteiger partial charge in [0.1, 0.15) is 0 Å². The molecule has 4 heteroatoms. The summed E-state index contributed by atoms with van der Waals surface area (Å²) in [6.45, 7) is 5.40. The smallest absolute Gasteiger partial charge is 0.0626 e. The Morgan fingerprint density at radius 2 is 2.00 bits per heavy atom. The van der Waals surface area contributed by atoms with Crippen LogP contribution in [0.15, 0.2) is 24.3 Å². The van der Waals surface area contributed by atoms with Gasteiger partial charge >= 0.3 is 0 Å². The molecule has 0 bridgehead atoms. The third kappa shape index (κ3) is 5.04. The van der Waals surface area contributed by atoms with E-state index < -0.39 is 0 Å². The van der Waals surface area contributed by atoms with Gasteiger partial charge in [0.15, 0.2) is 0 Å². The predicted octanol–water partition coefficient (Wildman–Crippen LogP) is 2.39. The highest BCUT2D eigenvalue weighted by atomic mass is 35.5. The molecule has 0 amide bonds. The van der Waals surface area contributed by atoms with Crippen LogP contribution in [0.2, 0.25) is 5.02 Å². The maximum Gasteiger partial charge on any atom is 0.0626 e. The summed E-state index contributed by atoms with van der Waals surface area (Å²) >= 11 is 5.83. The van der Waals surface area contributed by atoms with Crippen molar-refractivity contribution in [2.45, 2.75) is 25.9 Å². The maximum atomic E-state index is 9.39. The van der Waals surface area contributed by atoms with E-state index in [0.29, 0.717) is 18.2 Å². The van der Waals surface area contributed by atoms with Crippen LogP contribution >= 0.6 is 11.6 Å². The third-order valence-corrected chi connectivity index (χ3v) is 2.76. The summed E-state index contributed by atoms with van der Waals surface area (Å²) in [5.41, 5.74) is 1.03. The van der Waals surface area contributed by atoms with Crippen LogP contribution in [0, 0.1) is 0 Å². The molecule has 0 fully saturated rings. The number of ether oxygens (including phenoxy) is 1. The molecule has 0 heterocycles. The molecule has 0 spiro atoms. The molecule has 3 nitrogen and oxygen atoms in total. The van der Waals surface area contributed by atoms with E-state index in [1.54, 1.807) is 0 Å². The maximum absolute atomic E-state index is 9.39. The summed E-state index contributed by atoms with van der Waals surface area (Å²) in [5.74, 6) is 0. The van der Waals surface area contributed by atoms with Gasteiger partial charge in [-0.05, 0) is 31.5 Å². The molecule has 0 aromatic heterocycles. The first-order chi connectivity index (χ1) is 8.17. The van der Waals surface area contributed by atoms with Crippen molar-refractivity contribution in [2.75, 3.05) is 19.8 Å². The Hall–Kier alpha value is -0.610. The molecule has 0 saturated heterocycles. The highest BCUT2D eigenvalue weighted by Crippen LogP contribution is 2.16. The topological polar surface area (TPSA) is 41.5 Å². The molecule has 2 unspecified atom stereocenters. The molecule has 2 atom stereocenters. The van der Waals surface area contributed by atoms with E-state index >= 15 is 0 Å². The molecule has 0 saturated carbocycles. The lowest BCUT2D eigenvalue weighted by atomic mass is 10.1. The minimum absolute atomic E-state index is 0.0537. The standard InChI is InChI=1S/C13H20ClNO2/c1-3-17-9-10(2)15-13(8-16)11-4-6-12(14)7-5-11/h4-7,10,13,15-16H,3,8-9H2,1-2H3. The Labute approximate surface area is 108 Å². The van der Waals surface area contributed by atoms with Gasteiger partial charge in [-0.3, -0.25) is 0 Å². The largest absolute Gasteiger partial charge is 0.394 e. The molecular formula is C13H20ClNO2. The van der Waals surface area contributed by atoms with Gasteiger partial charge in [-0.15, -0.1) is 0 Å². The van der Waals surface area contributed by atoms with Crippen molar-refractivity contribution >= 4 is 11.6 Å². The quantitative estimate of drug-likeness (QED) is 0.788. The van der Waals surface area contributed by atoms with Crippen LogP contribution in [0.25, 0.3) is 0 Å². The van der Waals surface area contributed by atoms with E-state index in [1.807, 2.05) is 38.1 Å². The van der Waals surface area contributed by atoms with Crippen molar-refractivity contribution in [1.29, 1.82) is 0 Å². The van der Waals surface area contributed by atoms with E-state index in [4.69, 9.17) is 16.3 Å². The van der Waals surface area contributed by atoms with Gasteiger partial charge in [-0.2, -0.15) is 0 Å². The van der Waals surface area contributed by atoms with Gasteiger partial charge in [0.2, 0.25) is 0 Å². The number of benzene rings is 1. The van der Waals surface area contributed by atoms with Crippen LogP contribution < -0.4 is 5.32 Å². The summed E-state index contributed by atoms with van der Waals surface area (Å²) in [5, 5.41) is 13.4. The van der Waals surface area contributed by atoms with Crippen molar-refractivity contribution < 1.29 is 9.84 Å².